The highest BCUT2D eigenvalue weighted by molar-refractivity contribution is 5.99. The molecule has 2 aliphatic rings. The third-order valence-electron chi connectivity index (χ3n) is 5.06. The number of amides is 1. The summed E-state index contributed by atoms with van der Waals surface area (Å²) in [4.78, 5) is 38.8. The van der Waals surface area contributed by atoms with Gasteiger partial charge in [-0.1, -0.05) is 0 Å². The number of hydrogen-bond donors (Lipinski definition) is 0. The summed E-state index contributed by atoms with van der Waals surface area (Å²) in [7, 11) is 0. The number of fused-ring (bicyclic) bond motifs is 1. The predicted molar refractivity (Wildman–Crippen MR) is 107 cm³/mol. The first-order valence-corrected chi connectivity index (χ1v) is 10.2. The fraction of sp³-hybridized carbons (Fsp3) is 0.591. The molecule has 0 atom stereocenters. The molecule has 0 unspecified atom stereocenters. The molecule has 29 heavy (non-hydrogen) atoms. The van der Waals surface area contributed by atoms with Crippen LogP contribution in [0.2, 0.25) is 0 Å². The van der Waals surface area contributed by atoms with Gasteiger partial charge in [-0.15, -0.1) is 0 Å². The smallest absolute Gasteiger partial charge is 0.410 e. The van der Waals surface area contributed by atoms with Gasteiger partial charge in [0.15, 0.2) is 17.3 Å². The molecule has 0 saturated carbocycles. The number of hydrogen-bond acceptors (Lipinski definition) is 6. The average Bonchev–Trinajstić information content (AvgIpc) is 2.70. The van der Waals surface area contributed by atoms with Crippen LogP contribution in [0.25, 0.3) is 0 Å². The Hall–Kier alpha value is -2.57. The van der Waals surface area contributed by atoms with Crippen molar-refractivity contribution in [1.29, 1.82) is 0 Å². The number of ether oxygens (including phenoxy) is 3. The largest absolute Gasteiger partial charge is 0.486 e. The molecule has 0 N–H and O–H groups in total. The van der Waals surface area contributed by atoms with Crippen molar-refractivity contribution < 1.29 is 28.6 Å². The zero-order valence-corrected chi connectivity index (χ0v) is 17.4. The first-order chi connectivity index (χ1) is 13.7. The Morgan fingerprint density at radius 2 is 1.69 bits per heavy atom. The summed E-state index contributed by atoms with van der Waals surface area (Å²) >= 11 is 0. The molecule has 158 valence electrons. The van der Waals surface area contributed by atoms with Crippen LogP contribution in [0.1, 0.15) is 56.8 Å². The van der Waals surface area contributed by atoms with E-state index in [1.54, 1.807) is 23.1 Å². The molecule has 2 aliphatic heterocycles. The Labute approximate surface area is 171 Å². The minimum absolute atomic E-state index is 0.0819. The van der Waals surface area contributed by atoms with E-state index in [0.29, 0.717) is 56.2 Å². The van der Waals surface area contributed by atoms with Crippen LogP contribution in [0.5, 0.6) is 11.5 Å². The number of Topliss-reactive ketones (excluding diaryl/α,β-unsaturated/α-hetero) is 2. The molecule has 7 nitrogen and oxygen atoms in total. The van der Waals surface area contributed by atoms with Gasteiger partial charge in [0.2, 0.25) is 0 Å². The quantitative estimate of drug-likeness (QED) is 0.698. The van der Waals surface area contributed by atoms with E-state index in [2.05, 4.69) is 0 Å². The normalized spacial score (nSPS) is 17.0. The lowest BCUT2D eigenvalue weighted by Crippen LogP contribution is -2.43. The van der Waals surface area contributed by atoms with Crippen molar-refractivity contribution in [3.8, 4) is 11.5 Å². The summed E-state index contributed by atoms with van der Waals surface area (Å²) in [6.07, 6.45) is 1.26. The first kappa shape index (κ1) is 21.1. The minimum Gasteiger partial charge on any atom is -0.486 e. The third kappa shape index (κ3) is 5.71. The number of carbonyl (C=O) groups is 3. The minimum atomic E-state index is -0.530. The van der Waals surface area contributed by atoms with Gasteiger partial charge in [-0.3, -0.25) is 9.59 Å². The van der Waals surface area contributed by atoms with E-state index in [9.17, 15) is 14.4 Å². The highest BCUT2D eigenvalue weighted by Crippen LogP contribution is 2.31. The van der Waals surface area contributed by atoms with Gasteiger partial charge in [-0.05, 0) is 51.8 Å². The van der Waals surface area contributed by atoms with Gasteiger partial charge in [0.1, 0.15) is 24.6 Å². The van der Waals surface area contributed by atoms with Crippen molar-refractivity contribution in [1.82, 2.24) is 4.90 Å². The van der Waals surface area contributed by atoms with Gasteiger partial charge in [0.25, 0.3) is 0 Å². The Bertz CT molecular complexity index is 774. The fourth-order valence-corrected chi connectivity index (χ4v) is 3.51. The standard InChI is InChI=1S/C22H29NO6/c1-22(2,3)29-21(26)23-10-8-15(9-11-23)17(24)5-6-18(25)16-4-7-19-20(14-16)28-13-12-27-19/h4,7,14-15H,5-6,8-13H2,1-3H3. The molecule has 0 radical (unpaired) electrons. The molecule has 1 amide bonds. The second kappa shape index (κ2) is 8.84. The number of rotatable bonds is 5. The van der Waals surface area contributed by atoms with Crippen LogP contribution in [0, 0.1) is 5.92 Å². The second-order valence-corrected chi connectivity index (χ2v) is 8.49. The Balaban J connectivity index is 1.45. The third-order valence-corrected chi connectivity index (χ3v) is 5.06. The molecule has 0 bridgehead atoms. The Kier molecular flexibility index (Phi) is 6.45. The SMILES string of the molecule is CC(C)(C)OC(=O)N1CCC(C(=O)CCC(=O)c2ccc3c(c2)OCCO3)CC1. The van der Waals surface area contributed by atoms with Gasteiger partial charge in [0.05, 0.1) is 0 Å². The topological polar surface area (TPSA) is 82.1 Å². The van der Waals surface area contributed by atoms with Gasteiger partial charge in [-0.2, -0.15) is 0 Å². The monoisotopic (exact) mass is 403 g/mol. The molecule has 0 aliphatic carbocycles. The number of likely N-dealkylation sites (tertiary alicyclic amines) is 1. The van der Waals surface area contributed by atoms with E-state index < -0.39 is 5.60 Å². The highest BCUT2D eigenvalue weighted by Gasteiger charge is 2.30. The number of ketones is 2. The fourth-order valence-electron chi connectivity index (χ4n) is 3.51. The van der Waals surface area contributed by atoms with Gasteiger partial charge < -0.3 is 19.1 Å². The summed E-state index contributed by atoms with van der Waals surface area (Å²) in [5.41, 5.74) is -0.000359. The van der Waals surface area contributed by atoms with E-state index in [1.807, 2.05) is 20.8 Å². The Morgan fingerprint density at radius 1 is 1.03 bits per heavy atom. The van der Waals surface area contributed by atoms with Crippen LogP contribution < -0.4 is 9.47 Å². The van der Waals surface area contributed by atoms with Crippen molar-refractivity contribution in [3.63, 3.8) is 0 Å². The zero-order valence-electron chi connectivity index (χ0n) is 17.4. The molecule has 1 fully saturated rings. The second-order valence-electron chi connectivity index (χ2n) is 8.49. The van der Waals surface area contributed by atoms with E-state index in [4.69, 9.17) is 14.2 Å². The van der Waals surface area contributed by atoms with Gasteiger partial charge >= 0.3 is 6.09 Å². The van der Waals surface area contributed by atoms with Crippen LogP contribution in [-0.4, -0.2) is 54.5 Å². The summed E-state index contributed by atoms with van der Waals surface area (Å²) < 4.78 is 16.3. The zero-order chi connectivity index (χ0) is 21.0. The molecule has 0 aromatic heterocycles. The van der Waals surface area contributed by atoms with E-state index in [0.717, 1.165) is 0 Å². The van der Waals surface area contributed by atoms with Crippen LogP contribution in [0.15, 0.2) is 18.2 Å². The summed E-state index contributed by atoms with van der Waals surface area (Å²) in [6, 6.07) is 5.12. The van der Waals surface area contributed by atoms with Crippen molar-refractivity contribution in [2.45, 2.75) is 52.1 Å². The summed E-state index contributed by atoms with van der Waals surface area (Å²) in [5, 5.41) is 0. The van der Waals surface area contributed by atoms with E-state index >= 15 is 0 Å². The molecule has 1 aromatic rings. The maximum atomic E-state index is 12.5. The molecular weight excluding hydrogens is 374 g/mol. The Morgan fingerprint density at radius 3 is 2.34 bits per heavy atom. The summed E-state index contributed by atoms with van der Waals surface area (Å²) in [6.45, 7) is 7.47. The molecular formula is C22H29NO6. The van der Waals surface area contributed by atoms with Crippen molar-refractivity contribution in [2.75, 3.05) is 26.3 Å². The maximum absolute atomic E-state index is 12.5. The molecule has 0 spiro atoms. The lowest BCUT2D eigenvalue weighted by Gasteiger charge is -2.32. The number of carbonyl (C=O) groups excluding carboxylic acids is 3. The molecule has 7 heteroatoms. The van der Waals surface area contributed by atoms with Crippen molar-refractivity contribution in [2.24, 2.45) is 5.92 Å². The van der Waals surface area contributed by atoms with Crippen LogP contribution >= 0.6 is 0 Å². The van der Waals surface area contributed by atoms with Crippen LogP contribution in [0.3, 0.4) is 0 Å². The van der Waals surface area contributed by atoms with Crippen molar-refractivity contribution in [3.05, 3.63) is 23.8 Å². The molecule has 1 saturated heterocycles. The number of piperidine rings is 1. The molecule has 2 heterocycles. The van der Waals surface area contributed by atoms with E-state index in [-0.39, 0.29) is 36.4 Å². The first-order valence-electron chi connectivity index (χ1n) is 10.2. The lowest BCUT2D eigenvalue weighted by atomic mass is 9.89. The summed E-state index contributed by atoms with van der Waals surface area (Å²) in [5.74, 6) is 1.10. The van der Waals surface area contributed by atoms with Crippen molar-refractivity contribution >= 4 is 17.7 Å². The highest BCUT2D eigenvalue weighted by atomic mass is 16.6. The van der Waals surface area contributed by atoms with E-state index in [1.165, 1.54) is 0 Å². The average molecular weight is 403 g/mol. The van der Waals surface area contributed by atoms with Gasteiger partial charge in [0, 0.05) is 37.4 Å². The molecule has 1 aromatic carbocycles. The van der Waals surface area contributed by atoms with Crippen LogP contribution in [-0.2, 0) is 9.53 Å². The predicted octanol–water partition coefficient (Wildman–Crippen LogP) is 3.64. The number of nitrogens with zero attached hydrogens (tertiary/aromatic N) is 1. The maximum Gasteiger partial charge on any atom is 0.410 e. The number of benzene rings is 1. The molecule has 3 rings (SSSR count). The lowest BCUT2D eigenvalue weighted by molar-refractivity contribution is -0.124. The van der Waals surface area contributed by atoms with Crippen LogP contribution in [0.4, 0.5) is 4.79 Å². The van der Waals surface area contributed by atoms with Gasteiger partial charge in [-0.25, -0.2) is 4.79 Å².